The van der Waals surface area contributed by atoms with E-state index in [-0.39, 0.29) is 36.5 Å². The highest BCUT2D eigenvalue weighted by Gasteiger charge is 2.24. The van der Waals surface area contributed by atoms with Gasteiger partial charge in [0.15, 0.2) is 5.78 Å². The molecule has 8 heteroatoms. The smallest absolute Gasteiger partial charge is 0.254 e. The first-order valence-electron chi connectivity index (χ1n) is 8.57. The largest absolute Gasteiger partial charge is 0.399 e. The summed E-state index contributed by atoms with van der Waals surface area (Å²) in [5.41, 5.74) is 8.67. The van der Waals surface area contributed by atoms with Crippen LogP contribution >= 0.6 is 24.8 Å². The van der Waals surface area contributed by atoms with Crippen molar-refractivity contribution in [3.63, 3.8) is 0 Å². The average molecular weight is 428 g/mol. The Morgan fingerprint density at radius 3 is 2.21 bits per heavy atom. The molecule has 1 fully saturated rings. The van der Waals surface area contributed by atoms with Gasteiger partial charge in [-0.25, -0.2) is 4.39 Å². The molecule has 5 nitrogen and oxygen atoms in total. The summed E-state index contributed by atoms with van der Waals surface area (Å²) in [5.74, 6) is -0.630. The van der Waals surface area contributed by atoms with Crippen LogP contribution in [0.2, 0.25) is 0 Å². The molecule has 0 unspecified atom stereocenters. The van der Waals surface area contributed by atoms with Gasteiger partial charge in [-0.05, 0) is 49.7 Å². The zero-order valence-corrected chi connectivity index (χ0v) is 17.4. The Morgan fingerprint density at radius 1 is 1.00 bits per heavy atom. The summed E-state index contributed by atoms with van der Waals surface area (Å²) < 4.78 is 14.3. The molecule has 3 rings (SSSR count). The molecule has 1 heterocycles. The Kier molecular flexibility index (Phi) is 8.27. The number of nitrogens with zero attached hydrogens (tertiary/aromatic N) is 2. The van der Waals surface area contributed by atoms with Gasteiger partial charge >= 0.3 is 0 Å². The van der Waals surface area contributed by atoms with Gasteiger partial charge in [-0.1, -0.05) is 6.07 Å². The Hall–Kier alpha value is -2.31. The topological polar surface area (TPSA) is 66.6 Å². The fraction of sp³-hybridized carbons (Fsp3) is 0.300. The third kappa shape index (κ3) is 4.94. The van der Waals surface area contributed by atoms with Crippen LogP contribution in [0.15, 0.2) is 36.4 Å². The number of anilines is 2. The number of Topliss-reactive ketones (excluding diaryl/α,β-unsaturated/α-hetero) is 1. The molecule has 1 saturated heterocycles. The number of carbonyl (C=O) groups is 2. The number of piperazine rings is 1. The highest BCUT2D eigenvalue weighted by atomic mass is 35.5. The number of benzene rings is 2. The van der Waals surface area contributed by atoms with Crippen molar-refractivity contribution in [2.75, 3.05) is 36.8 Å². The third-order valence-electron chi connectivity index (χ3n) is 4.75. The van der Waals surface area contributed by atoms with Crippen molar-refractivity contribution in [2.45, 2.75) is 13.8 Å². The number of carbonyl (C=O) groups excluding carboxylic acids is 2. The highest BCUT2D eigenvalue weighted by molar-refractivity contribution is 5.96. The zero-order valence-electron chi connectivity index (χ0n) is 15.8. The molecule has 0 radical (unpaired) electrons. The van der Waals surface area contributed by atoms with E-state index in [4.69, 9.17) is 5.73 Å². The number of nitrogens with two attached hydrogens (primary N) is 1. The predicted octanol–water partition coefficient (Wildman–Crippen LogP) is 3.72. The minimum atomic E-state index is -0.413. The standard InChI is InChI=1S/C20H22FN3O2.2ClH/c1-13-3-5-16(22)12-17(13)20(26)24-9-7-23(8-10-24)19-6-4-15(14(2)25)11-18(19)21;;/h3-6,11-12H,7-10,22H2,1-2H3;2*1H. The summed E-state index contributed by atoms with van der Waals surface area (Å²) in [6.07, 6.45) is 0. The van der Waals surface area contributed by atoms with Crippen molar-refractivity contribution in [3.8, 4) is 0 Å². The minimum Gasteiger partial charge on any atom is -0.399 e. The van der Waals surface area contributed by atoms with Gasteiger partial charge in [0.05, 0.1) is 5.69 Å². The molecule has 1 amide bonds. The Balaban J connectivity index is 0.00000196. The fourth-order valence-electron chi connectivity index (χ4n) is 3.17. The van der Waals surface area contributed by atoms with Gasteiger partial charge in [-0.15, -0.1) is 24.8 Å². The molecule has 0 saturated carbocycles. The van der Waals surface area contributed by atoms with Crippen molar-refractivity contribution >= 4 is 47.9 Å². The van der Waals surface area contributed by atoms with Crippen LogP contribution in [0.4, 0.5) is 15.8 Å². The van der Waals surface area contributed by atoms with E-state index in [1.54, 1.807) is 29.2 Å². The summed E-state index contributed by atoms with van der Waals surface area (Å²) in [4.78, 5) is 27.8. The molecule has 0 spiro atoms. The summed E-state index contributed by atoms with van der Waals surface area (Å²) >= 11 is 0. The van der Waals surface area contributed by atoms with Gasteiger partial charge in [0.1, 0.15) is 5.82 Å². The van der Waals surface area contributed by atoms with E-state index in [1.807, 2.05) is 17.9 Å². The van der Waals surface area contributed by atoms with Crippen molar-refractivity contribution in [1.29, 1.82) is 0 Å². The van der Waals surface area contributed by atoms with E-state index >= 15 is 0 Å². The third-order valence-corrected chi connectivity index (χ3v) is 4.75. The molecular weight excluding hydrogens is 404 g/mol. The van der Waals surface area contributed by atoms with Crippen LogP contribution in [0.25, 0.3) is 0 Å². The van der Waals surface area contributed by atoms with Crippen LogP contribution in [0.5, 0.6) is 0 Å². The van der Waals surface area contributed by atoms with E-state index in [0.29, 0.717) is 48.7 Å². The molecule has 0 aromatic heterocycles. The number of halogens is 3. The molecule has 2 aromatic rings. The summed E-state index contributed by atoms with van der Waals surface area (Å²) in [7, 11) is 0. The first-order valence-corrected chi connectivity index (χ1v) is 8.57. The maximum absolute atomic E-state index is 14.3. The highest BCUT2D eigenvalue weighted by Crippen LogP contribution is 2.23. The Labute approximate surface area is 176 Å². The van der Waals surface area contributed by atoms with Crippen LogP contribution in [-0.4, -0.2) is 42.8 Å². The number of hydrogen-bond donors (Lipinski definition) is 1. The van der Waals surface area contributed by atoms with Gasteiger partial charge in [0.2, 0.25) is 0 Å². The van der Waals surface area contributed by atoms with Crippen LogP contribution in [-0.2, 0) is 0 Å². The predicted molar refractivity (Wildman–Crippen MR) is 115 cm³/mol. The van der Waals surface area contributed by atoms with Crippen LogP contribution in [0.3, 0.4) is 0 Å². The maximum atomic E-state index is 14.3. The van der Waals surface area contributed by atoms with Crippen LogP contribution in [0, 0.1) is 12.7 Å². The van der Waals surface area contributed by atoms with Gasteiger partial charge in [-0.2, -0.15) is 0 Å². The van der Waals surface area contributed by atoms with Crippen molar-refractivity contribution in [3.05, 3.63) is 58.9 Å². The number of hydrogen-bond acceptors (Lipinski definition) is 4. The molecule has 152 valence electrons. The lowest BCUT2D eigenvalue weighted by atomic mass is 10.1. The normalized spacial score (nSPS) is 13.4. The molecule has 28 heavy (non-hydrogen) atoms. The first kappa shape index (κ1) is 23.7. The lowest BCUT2D eigenvalue weighted by molar-refractivity contribution is 0.0745. The first-order chi connectivity index (χ1) is 12.4. The van der Waals surface area contributed by atoms with Crippen molar-refractivity contribution < 1.29 is 14.0 Å². The summed E-state index contributed by atoms with van der Waals surface area (Å²) in [5, 5.41) is 0. The number of nitrogen functional groups attached to an aromatic ring is 1. The molecule has 2 aromatic carbocycles. The molecule has 0 aliphatic carbocycles. The Bertz CT molecular complexity index is 869. The van der Waals surface area contributed by atoms with Crippen LogP contribution in [0.1, 0.15) is 33.2 Å². The van der Waals surface area contributed by atoms with E-state index in [2.05, 4.69) is 0 Å². The van der Waals surface area contributed by atoms with Crippen molar-refractivity contribution in [2.24, 2.45) is 0 Å². The van der Waals surface area contributed by atoms with Gasteiger partial charge in [0.25, 0.3) is 5.91 Å². The lowest BCUT2D eigenvalue weighted by Gasteiger charge is -2.36. The summed E-state index contributed by atoms with van der Waals surface area (Å²) in [6.45, 7) is 5.36. The fourth-order valence-corrected chi connectivity index (χ4v) is 3.17. The molecular formula is C20H24Cl2FN3O2. The second-order valence-electron chi connectivity index (χ2n) is 6.58. The average Bonchev–Trinajstić information content (AvgIpc) is 2.63. The van der Waals surface area contributed by atoms with Crippen LogP contribution < -0.4 is 10.6 Å². The second kappa shape index (κ2) is 9.75. The molecule has 1 aliphatic rings. The molecule has 1 aliphatic heterocycles. The molecule has 0 atom stereocenters. The monoisotopic (exact) mass is 427 g/mol. The van der Waals surface area contributed by atoms with E-state index in [1.165, 1.54) is 13.0 Å². The number of ketones is 1. The van der Waals surface area contributed by atoms with Crippen molar-refractivity contribution in [1.82, 2.24) is 4.90 Å². The van der Waals surface area contributed by atoms with Gasteiger partial charge < -0.3 is 15.5 Å². The molecule has 0 bridgehead atoms. The number of amides is 1. The van der Waals surface area contributed by atoms with Gasteiger partial charge in [0, 0.05) is 43.0 Å². The second-order valence-corrected chi connectivity index (χ2v) is 6.58. The zero-order chi connectivity index (χ0) is 18.8. The van der Waals surface area contributed by atoms with E-state index < -0.39 is 5.82 Å². The SMILES string of the molecule is CC(=O)c1ccc(N2CCN(C(=O)c3cc(N)ccc3C)CC2)c(F)c1.Cl.Cl. The summed E-state index contributed by atoms with van der Waals surface area (Å²) in [6, 6.07) is 9.85. The lowest BCUT2D eigenvalue weighted by Crippen LogP contribution is -2.49. The Morgan fingerprint density at radius 2 is 1.64 bits per heavy atom. The molecule has 2 N–H and O–H groups in total. The number of aryl methyl sites for hydroxylation is 1. The quantitative estimate of drug-likeness (QED) is 0.598. The van der Waals surface area contributed by atoms with E-state index in [9.17, 15) is 14.0 Å². The number of rotatable bonds is 3. The van der Waals surface area contributed by atoms with E-state index in [0.717, 1.165) is 5.56 Å². The minimum absolute atomic E-state index is 0. The maximum Gasteiger partial charge on any atom is 0.254 e. The van der Waals surface area contributed by atoms with Gasteiger partial charge in [-0.3, -0.25) is 9.59 Å².